The van der Waals surface area contributed by atoms with E-state index in [0.717, 1.165) is 12.1 Å². The molecule has 0 saturated heterocycles. The zero-order valence-corrected chi connectivity index (χ0v) is 15.1. The first kappa shape index (κ1) is 18.1. The van der Waals surface area contributed by atoms with Crippen molar-refractivity contribution in [2.24, 2.45) is 5.73 Å². The van der Waals surface area contributed by atoms with Gasteiger partial charge in [0.15, 0.2) is 10.8 Å². The SMILES string of the molecule is CCNC(=S)Nc1ccc2ncc(-c3cnn(CCC(N)O)c3)nc2n1. The third-order valence-electron chi connectivity index (χ3n) is 3.57. The van der Waals surface area contributed by atoms with Crippen LogP contribution in [0.3, 0.4) is 0 Å². The van der Waals surface area contributed by atoms with Crippen LogP contribution in [0.4, 0.5) is 5.82 Å². The molecule has 3 aromatic heterocycles. The van der Waals surface area contributed by atoms with Crippen LogP contribution in [0.15, 0.2) is 30.7 Å². The predicted molar refractivity (Wildman–Crippen MR) is 103 cm³/mol. The van der Waals surface area contributed by atoms with Crippen molar-refractivity contribution in [3.05, 3.63) is 30.7 Å². The van der Waals surface area contributed by atoms with Crippen LogP contribution < -0.4 is 16.4 Å². The number of aryl methyl sites for hydroxylation is 1. The standard InChI is InChI=1S/C16H20N8OS/c1-2-18-16(26)23-14-4-3-11-15(22-14)21-12(8-19-11)10-7-20-24(9-10)6-5-13(17)25/h3-4,7-9,13,25H,2,5-6,17H2,1H3,(H2,18,21,22,23,26). The maximum Gasteiger partial charge on any atom is 0.180 e. The van der Waals surface area contributed by atoms with Gasteiger partial charge in [-0.15, -0.1) is 0 Å². The molecular formula is C16H20N8OS. The lowest BCUT2D eigenvalue weighted by atomic mass is 10.2. The lowest BCUT2D eigenvalue weighted by molar-refractivity contribution is 0.164. The van der Waals surface area contributed by atoms with E-state index in [1.165, 1.54) is 0 Å². The summed E-state index contributed by atoms with van der Waals surface area (Å²) in [5.41, 5.74) is 8.03. The Morgan fingerprint density at radius 2 is 2.19 bits per heavy atom. The van der Waals surface area contributed by atoms with E-state index in [4.69, 9.17) is 23.1 Å². The fraction of sp³-hybridized carbons (Fsp3) is 0.312. The number of nitrogens with one attached hydrogen (secondary N) is 2. The average molecular weight is 372 g/mol. The van der Waals surface area contributed by atoms with Crippen LogP contribution in [-0.4, -0.2) is 47.7 Å². The van der Waals surface area contributed by atoms with E-state index < -0.39 is 6.23 Å². The summed E-state index contributed by atoms with van der Waals surface area (Å²) in [6, 6.07) is 3.64. The number of fused-ring (bicyclic) bond motifs is 1. The lowest BCUT2D eigenvalue weighted by Crippen LogP contribution is -2.28. The van der Waals surface area contributed by atoms with Gasteiger partial charge in [-0.2, -0.15) is 5.10 Å². The fourth-order valence-corrected chi connectivity index (χ4v) is 2.56. The number of aliphatic hydroxyl groups is 1. The molecule has 0 fully saturated rings. The second-order valence-electron chi connectivity index (χ2n) is 5.63. The van der Waals surface area contributed by atoms with Crippen LogP contribution in [0.25, 0.3) is 22.4 Å². The summed E-state index contributed by atoms with van der Waals surface area (Å²) < 4.78 is 1.71. The highest BCUT2D eigenvalue weighted by atomic mass is 32.1. The van der Waals surface area contributed by atoms with E-state index >= 15 is 0 Å². The maximum absolute atomic E-state index is 9.16. The summed E-state index contributed by atoms with van der Waals surface area (Å²) in [4.78, 5) is 13.4. The van der Waals surface area contributed by atoms with Gasteiger partial charge in [-0.3, -0.25) is 9.67 Å². The molecule has 3 rings (SSSR count). The molecule has 9 nitrogen and oxygen atoms in total. The van der Waals surface area contributed by atoms with Crippen molar-refractivity contribution in [1.29, 1.82) is 0 Å². The largest absolute Gasteiger partial charge is 0.379 e. The number of anilines is 1. The molecule has 1 atom stereocenters. The van der Waals surface area contributed by atoms with Gasteiger partial charge in [0.25, 0.3) is 0 Å². The smallest absolute Gasteiger partial charge is 0.180 e. The number of rotatable bonds is 6. The molecular weight excluding hydrogens is 352 g/mol. The van der Waals surface area contributed by atoms with Crippen molar-refractivity contribution in [1.82, 2.24) is 30.0 Å². The Hall–Kier alpha value is -2.69. The summed E-state index contributed by atoms with van der Waals surface area (Å²) >= 11 is 5.17. The van der Waals surface area contributed by atoms with E-state index in [-0.39, 0.29) is 0 Å². The Morgan fingerprint density at radius 1 is 1.35 bits per heavy atom. The predicted octanol–water partition coefficient (Wildman–Crippen LogP) is 0.862. The lowest BCUT2D eigenvalue weighted by Gasteiger charge is -2.08. The Balaban J connectivity index is 1.82. The highest BCUT2D eigenvalue weighted by molar-refractivity contribution is 7.80. The van der Waals surface area contributed by atoms with Gasteiger partial charge < -0.3 is 21.5 Å². The number of aromatic nitrogens is 5. The van der Waals surface area contributed by atoms with Crippen LogP contribution in [0, 0.1) is 0 Å². The monoisotopic (exact) mass is 372 g/mol. The number of aliphatic hydroxyl groups excluding tert-OH is 1. The number of hydrogen-bond acceptors (Lipinski definition) is 7. The van der Waals surface area contributed by atoms with Gasteiger partial charge in [-0.05, 0) is 31.3 Å². The molecule has 0 saturated carbocycles. The average Bonchev–Trinajstić information content (AvgIpc) is 3.08. The van der Waals surface area contributed by atoms with Crippen molar-refractivity contribution in [2.75, 3.05) is 11.9 Å². The molecule has 3 heterocycles. The van der Waals surface area contributed by atoms with E-state index in [1.807, 2.05) is 19.2 Å². The van der Waals surface area contributed by atoms with Gasteiger partial charge in [0, 0.05) is 31.3 Å². The summed E-state index contributed by atoms with van der Waals surface area (Å²) in [7, 11) is 0. The van der Waals surface area contributed by atoms with Crippen molar-refractivity contribution in [3.63, 3.8) is 0 Å². The minimum atomic E-state index is -0.855. The van der Waals surface area contributed by atoms with Gasteiger partial charge in [-0.25, -0.2) is 9.97 Å². The molecule has 0 aliphatic heterocycles. The van der Waals surface area contributed by atoms with Crippen LogP contribution in [-0.2, 0) is 6.54 Å². The van der Waals surface area contributed by atoms with E-state index in [9.17, 15) is 0 Å². The molecule has 0 aliphatic carbocycles. The summed E-state index contributed by atoms with van der Waals surface area (Å²) in [5.74, 6) is 0.600. The van der Waals surface area contributed by atoms with Crippen LogP contribution in [0.5, 0.6) is 0 Å². The molecule has 0 spiro atoms. The van der Waals surface area contributed by atoms with Crippen LogP contribution in [0.2, 0.25) is 0 Å². The number of thiocarbonyl (C=S) groups is 1. The van der Waals surface area contributed by atoms with Gasteiger partial charge in [0.1, 0.15) is 17.6 Å². The fourth-order valence-electron chi connectivity index (χ4n) is 2.31. The zero-order chi connectivity index (χ0) is 18.5. The summed E-state index contributed by atoms with van der Waals surface area (Å²) in [5, 5.41) is 19.9. The maximum atomic E-state index is 9.16. The van der Waals surface area contributed by atoms with Gasteiger partial charge in [-0.1, -0.05) is 0 Å². The molecule has 5 N–H and O–H groups in total. The minimum Gasteiger partial charge on any atom is -0.379 e. The Kier molecular flexibility index (Phi) is 5.66. The van der Waals surface area contributed by atoms with Crippen LogP contribution in [0.1, 0.15) is 13.3 Å². The quantitative estimate of drug-likeness (QED) is 0.368. The normalized spacial score (nSPS) is 12.1. The first-order valence-corrected chi connectivity index (χ1v) is 8.61. The molecule has 1 unspecified atom stereocenters. The summed E-state index contributed by atoms with van der Waals surface area (Å²) in [6.07, 6.45) is 4.78. The number of nitrogens with zero attached hydrogens (tertiary/aromatic N) is 5. The molecule has 26 heavy (non-hydrogen) atoms. The molecule has 3 aromatic rings. The first-order chi connectivity index (χ1) is 12.5. The number of nitrogens with two attached hydrogens (primary N) is 1. The third-order valence-corrected chi connectivity index (χ3v) is 3.82. The topological polar surface area (TPSA) is 127 Å². The summed E-state index contributed by atoms with van der Waals surface area (Å²) in [6.45, 7) is 3.22. The van der Waals surface area contributed by atoms with E-state index in [1.54, 1.807) is 23.1 Å². The zero-order valence-electron chi connectivity index (χ0n) is 14.3. The highest BCUT2D eigenvalue weighted by Crippen LogP contribution is 2.19. The van der Waals surface area contributed by atoms with Crippen molar-refractivity contribution >= 4 is 34.3 Å². The van der Waals surface area contributed by atoms with Gasteiger partial charge >= 0.3 is 0 Å². The number of hydrogen-bond donors (Lipinski definition) is 4. The molecule has 0 amide bonds. The van der Waals surface area contributed by atoms with Crippen LogP contribution >= 0.6 is 12.2 Å². The first-order valence-electron chi connectivity index (χ1n) is 8.20. The molecule has 0 radical (unpaired) electrons. The highest BCUT2D eigenvalue weighted by Gasteiger charge is 2.08. The van der Waals surface area contributed by atoms with Gasteiger partial charge in [0.2, 0.25) is 0 Å². The second kappa shape index (κ2) is 8.13. The minimum absolute atomic E-state index is 0.423. The Bertz CT molecular complexity index is 910. The van der Waals surface area contributed by atoms with Gasteiger partial charge in [0.05, 0.1) is 18.1 Å². The van der Waals surface area contributed by atoms with Crippen molar-refractivity contribution in [2.45, 2.75) is 26.1 Å². The van der Waals surface area contributed by atoms with E-state index in [2.05, 4.69) is 30.7 Å². The molecule has 0 aromatic carbocycles. The third kappa shape index (κ3) is 4.48. The molecule has 0 bridgehead atoms. The Labute approximate surface area is 155 Å². The molecule has 136 valence electrons. The number of pyridine rings is 1. The molecule has 0 aliphatic rings. The van der Waals surface area contributed by atoms with Crippen molar-refractivity contribution < 1.29 is 5.11 Å². The van der Waals surface area contributed by atoms with E-state index in [0.29, 0.717) is 40.8 Å². The molecule has 10 heteroatoms. The van der Waals surface area contributed by atoms with Crippen molar-refractivity contribution in [3.8, 4) is 11.3 Å². The second-order valence-corrected chi connectivity index (χ2v) is 6.04. The Morgan fingerprint density at radius 3 is 2.96 bits per heavy atom.